The molecule has 0 aliphatic heterocycles. The molecule has 5 rings (SSSR count). The lowest BCUT2D eigenvalue weighted by Crippen LogP contribution is -2.22. The first-order valence-electron chi connectivity index (χ1n) is 12.4. The molecule has 0 aliphatic rings. The molecule has 1 aromatic heterocycles. The van der Waals surface area contributed by atoms with Gasteiger partial charge in [0.1, 0.15) is 17.3 Å². The van der Waals surface area contributed by atoms with Gasteiger partial charge in [0.15, 0.2) is 5.78 Å². The Morgan fingerprint density at radius 3 is 1.92 bits per heavy atom. The minimum Gasteiger partial charge on any atom is -0.497 e. The number of para-hydroxylation sites is 1. The summed E-state index contributed by atoms with van der Waals surface area (Å²) in [5, 5.41) is 0.515. The number of nitrogens with zero attached hydrogens (tertiary/aromatic N) is 2. The second-order valence-electron chi connectivity index (χ2n) is 8.75. The van der Waals surface area contributed by atoms with E-state index < -0.39 is 0 Å². The van der Waals surface area contributed by atoms with Crippen LogP contribution >= 0.6 is 0 Å². The van der Waals surface area contributed by atoms with E-state index in [4.69, 9.17) is 14.5 Å². The van der Waals surface area contributed by atoms with Gasteiger partial charge in [-0.3, -0.25) is 14.2 Å². The van der Waals surface area contributed by atoms with Gasteiger partial charge in [0.05, 0.1) is 30.8 Å². The fourth-order valence-corrected chi connectivity index (χ4v) is 4.15. The lowest BCUT2D eigenvalue weighted by Gasteiger charge is -2.12. The SMILES string of the molecule is COc1ccc(/C=C/C(=O)c2ccc(-n3c(/C=C/c4ccc(OC)cc4)nc4ccccc4c3=O)cc2)cc1. The summed E-state index contributed by atoms with van der Waals surface area (Å²) in [6.45, 7) is 0. The average molecular weight is 515 g/mol. The van der Waals surface area contributed by atoms with Crippen molar-refractivity contribution in [2.75, 3.05) is 14.2 Å². The second-order valence-corrected chi connectivity index (χ2v) is 8.75. The summed E-state index contributed by atoms with van der Waals surface area (Å²) in [5.74, 6) is 1.86. The number of aromatic nitrogens is 2. The molecule has 6 heteroatoms. The zero-order valence-corrected chi connectivity index (χ0v) is 21.6. The lowest BCUT2D eigenvalue weighted by atomic mass is 10.1. The third kappa shape index (κ3) is 5.70. The van der Waals surface area contributed by atoms with Crippen molar-refractivity contribution in [3.05, 3.63) is 136 Å². The summed E-state index contributed by atoms with van der Waals surface area (Å²) in [7, 11) is 3.23. The molecular weight excluding hydrogens is 488 g/mol. The molecule has 4 aromatic carbocycles. The maximum absolute atomic E-state index is 13.6. The maximum Gasteiger partial charge on any atom is 0.266 e. The number of carbonyl (C=O) groups excluding carboxylic acids is 1. The van der Waals surface area contributed by atoms with Gasteiger partial charge in [0, 0.05) is 5.56 Å². The van der Waals surface area contributed by atoms with Crippen LogP contribution in [-0.4, -0.2) is 29.6 Å². The van der Waals surface area contributed by atoms with Crippen molar-refractivity contribution in [1.29, 1.82) is 0 Å². The van der Waals surface area contributed by atoms with Crippen molar-refractivity contribution >= 4 is 34.9 Å². The van der Waals surface area contributed by atoms with E-state index in [0.717, 1.165) is 22.6 Å². The largest absolute Gasteiger partial charge is 0.497 e. The van der Waals surface area contributed by atoms with Gasteiger partial charge in [-0.2, -0.15) is 0 Å². The monoisotopic (exact) mass is 514 g/mol. The number of benzene rings is 4. The van der Waals surface area contributed by atoms with E-state index in [1.54, 1.807) is 55.2 Å². The van der Waals surface area contributed by atoms with E-state index in [2.05, 4.69) is 0 Å². The number of ether oxygens (including phenoxy) is 2. The molecule has 0 amide bonds. The van der Waals surface area contributed by atoms with Crippen molar-refractivity contribution in [3.8, 4) is 17.2 Å². The summed E-state index contributed by atoms with van der Waals surface area (Å²) in [6, 6.07) is 29.3. The topological polar surface area (TPSA) is 70.4 Å². The molecule has 0 atom stereocenters. The summed E-state index contributed by atoms with van der Waals surface area (Å²) in [5.41, 5.74) is 3.39. The second kappa shape index (κ2) is 11.4. The number of allylic oxidation sites excluding steroid dienone is 1. The van der Waals surface area contributed by atoms with Crippen LogP contribution in [0.2, 0.25) is 0 Å². The number of fused-ring (bicyclic) bond motifs is 1. The van der Waals surface area contributed by atoms with Gasteiger partial charge < -0.3 is 9.47 Å². The van der Waals surface area contributed by atoms with Crippen molar-refractivity contribution < 1.29 is 14.3 Å². The van der Waals surface area contributed by atoms with E-state index >= 15 is 0 Å². The third-order valence-electron chi connectivity index (χ3n) is 6.30. The Hall–Kier alpha value is -5.23. The Morgan fingerprint density at radius 2 is 1.31 bits per heavy atom. The number of hydrogen-bond acceptors (Lipinski definition) is 5. The number of ketones is 1. The molecule has 0 bridgehead atoms. The molecule has 0 saturated carbocycles. The van der Waals surface area contributed by atoms with Gasteiger partial charge in [0.25, 0.3) is 5.56 Å². The smallest absolute Gasteiger partial charge is 0.266 e. The van der Waals surface area contributed by atoms with Gasteiger partial charge >= 0.3 is 0 Å². The maximum atomic E-state index is 13.6. The molecule has 1 heterocycles. The summed E-state index contributed by atoms with van der Waals surface area (Å²) < 4.78 is 12.0. The first-order valence-corrected chi connectivity index (χ1v) is 12.4. The van der Waals surface area contributed by atoms with Crippen molar-refractivity contribution in [2.24, 2.45) is 0 Å². The summed E-state index contributed by atoms with van der Waals surface area (Å²) in [6.07, 6.45) is 7.00. The predicted octanol–water partition coefficient (Wildman–Crippen LogP) is 6.47. The number of methoxy groups -OCH3 is 2. The van der Waals surface area contributed by atoms with Crippen LogP contribution in [0.1, 0.15) is 27.3 Å². The van der Waals surface area contributed by atoms with Crippen molar-refractivity contribution in [3.63, 3.8) is 0 Å². The molecule has 192 valence electrons. The van der Waals surface area contributed by atoms with Crippen LogP contribution in [0, 0.1) is 0 Å². The molecule has 0 fully saturated rings. The van der Waals surface area contributed by atoms with Crippen LogP contribution in [0.5, 0.6) is 11.5 Å². The number of rotatable bonds is 8. The minimum absolute atomic E-state index is 0.138. The average Bonchev–Trinajstić information content (AvgIpc) is 2.99. The summed E-state index contributed by atoms with van der Waals surface area (Å²) >= 11 is 0. The van der Waals surface area contributed by atoms with E-state index in [0.29, 0.717) is 28.0 Å². The molecule has 0 saturated heterocycles. The number of carbonyl (C=O) groups is 1. The Kier molecular flexibility index (Phi) is 7.46. The highest BCUT2D eigenvalue weighted by atomic mass is 16.5. The molecule has 5 aromatic rings. The Labute approximate surface area is 226 Å². The fourth-order valence-electron chi connectivity index (χ4n) is 4.15. The van der Waals surface area contributed by atoms with E-state index in [1.165, 1.54) is 6.08 Å². The highest BCUT2D eigenvalue weighted by Crippen LogP contribution is 2.18. The molecule has 0 unspecified atom stereocenters. The standard InChI is InChI=1S/C33H26N2O4/c1-38-27-17-7-23(8-18-27)11-21-31(36)25-13-15-26(16-14-25)35-32(22-12-24-9-19-28(39-2)20-10-24)34-30-6-4-3-5-29(30)33(35)37/h3-22H,1-2H3/b21-11+,22-12+. The molecule has 39 heavy (non-hydrogen) atoms. The van der Waals surface area contributed by atoms with E-state index in [9.17, 15) is 9.59 Å². The minimum atomic E-state index is -0.187. The molecule has 0 aliphatic carbocycles. The predicted molar refractivity (Wildman–Crippen MR) is 156 cm³/mol. The lowest BCUT2D eigenvalue weighted by molar-refractivity contribution is 0.104. The Morgan fingerprint density at radius 1 is 0.718 bits per heavy atom. The van der Waals surface area contributed by atoms with Crippen molar-refractivity contribution in [1.82, 2.24) is 9.55 Å². The van der Waals surface area contributed by atoms with Gasteiger partial charge in [-0.25, -0.2) is 4.98 Å². The molecular formula is C33H26N2O4. The Bertz CT molecular complexity index is 1730. The first kappa shape index (κ1) is 25.4. The van der Waals surface area contributed by atoms with Gasteiger partial charge in [-0.05, 0) is 83.9 Å². The quantitative estimate of drug-likeness (QED) is 0.175. The fraction of sp³-hybridized carbons (Fsp3) is 0.0606. The zero-order valence-electron chi connectivity index (χ0n) is 21.6. The highest BCUT2D eigenvalue weighted by Gasteiger charge is 2.12. The van der Waals surface area contributed by atoms with E-state index in [1.807, 2.05) is 78.9 Å². The molecule has 0 radical (unpaired) electrons. The molecule has 0 spiro atoms. The highest BCUT2D eigenvalue weighted by molar-refractivity contribution is 6.06. The third-order valence-corrected chi connectivity index (χ3v) is 6.30. The van der Waals surface area contributed by atoms with E-state index in [-0.39, 0.29) is 11.3 Å². The van der Waals surface area contributed by atoms with Gasteiger partial charge in [-0.15, -0.1) is 0 Å². The summed E-state index contributed by atoms with van der Waals surface area (Å²) in [4.78, 5) is 31.1. The normalized spacial score (nSPS) is 11.3. The number of hydrogen-bond donors (Lipinski definition) is 0. The zero-order chi connectivity index (χ0) is 27.2. The van der Waals surface area contributed by atoms with Gasteiger partial charge in [0.2, 0.25) is 0 Å². The van der Waals surface area contributed by atoms with Crippen molar-refractivity contribution in [2.45, 2.75) is 0 Å². The van der Waals surface area contributed by atoms with Crippen LogP contribution in [0.4, 0.5) is 0 Å². The van der Waals surface area contributed by atoms with Crippen LogP contribution < -0.4 is 15.0 Å². The van der Waals surface area contributed by atoms with Crippen LogP contribution in [-0.2, 0) is 0 Å². The molecule has 6 nitrogen and oxygen atoms in total. The molecule has 0 N–H and O–H groups in total. The van der Waals surface area contributed by atoms with Crippen LogP contribution in [0.15, 0.2) is 108 Å². The van der Waals surface area contributed by atoms with Gasteiger partial charge in [-0.1, -0.05) is 48.6 Å². The Balaban J connectivity index is 1.47. The van der Waals surface area contributed by atoms with Crippen LogP contribution in [0.3, 0.4) is 0 Å². The first-order chi connectivity index (χ1) is 19.1. The van der Waals surface area contributed by atoms with Crippen LogP contribution in [0.25, 0.3) is 34.8 Å².